The third-order valence-corrected chi connectivity index (χ3v) is 4.31. The minimum Gasteiger partial charge on any atom is -0.398 e. The normalized spacial score (nSPS) is 11.9. The Balaban J connectivity index is 2.08. The molecule has 0 bridgehead atoms. The Hall–Kier alpha value is -2.21. The molecule has 110 valence electrons. The molecule has 2 rings (SSSR count). The first-order valence-electron chi connectivity index (χ1n) is 6.27. The van der Waals surface area contributed by atoms with Gasteiger partial charge in [0.2, 0.25) is 5.91 Å². The molecule has 1 unspecified atom stereocenters. The average molecular weight is 306 g/mol. The topological polar surface area (TPSA) is 72.2 Å². The first kappa shape index (κ1) is 15.2. The summed E-state index contributed by atoms with van der Waals surface area (Å²) >= 11 is 0. The van der Waals surface area contributed by atoms with Crippen LogP contribution in [-0.4, -0.2) is 15.9 Å². The van der Waals surface area contributed by atoms with E-state index in [0.717, 1.165) is 5.56 Å². The highest BCUT2D eigenvalue weighted by Gasteiger charge is 2.14. The molecule has 0 radical (unpaired) electrons. The van der Waals surface area contributed by atoms with Gasteiger partial charge in [0.1, 0.15) is 11.6 Å². The number of nitrogens with one attached hydrogen (secondary N) is 1. The molecule has 0 aliphatic heterocycles. The fourth-order valence-electron chi connectivity index (χ4n) is 1.80. The van der Waals surface area contributed by atoms with Gasteiger partial charge in [-0.15, -0.1) is 0 Å². The van der Waals surface area contributed by atoms with Crippen LogP contribution in [0.3, 0.4) is 0 Å². The number of hydrogen-bond acceptors (Lipinski definition) is 3. The molecule has 0 spiro atoms. The van der Waals surface area contributed by atoms with Crippen LogP contribution in [0.4, 0.5) is 15.8 Å². The van der Waals surface area contributed by atoms with Gasteiger partial charge in [-0.2, -0.15) is 0 Å². The van der Waals surface area contributed by atoms with Gasteiger partial charge < -0.3 is 11.1 Å². The van der Waals surface area contributed by atoms with Gasteiger partial charge in [-0.3, -0.25) is 9.00 Å². The zero-order valence-corrected chi connectivity index (χ0v) is 12.2. The van der Waals surface area contributed by atoms with Crippen molar-refractivity contribution in [2.75, 3.05) is 16.8 Å². The fourth-order valence-corrected chi connectivity index (χ4v) is 2.90. The zero-order valence-electron chi connectivity index (χ0n) is 11.4. The molecule has 3 N–H and O–H groups in total. The van der Waals surface area contributed by atoms with E-state index in [1.54, 1.807) is 31.2 Å². The van der Waals surface area contributed by atoms with E-state index in [1.165, 1.54) is 18.2 Å². The second kappa shape index (κ2) is 6.49. The molecule has 21 heavy (non-hydrogen) atoms. The number of amides is 1. The lowest BCUT2D eigenvalue weighted by molar-refractivity contribution is -0.113. The molecule has 2 aromatic carbocycles. The molecule has 0 aromatic heterocycles. The molecule has 0 heterocycles. The highest BCUT2D eigenvalue weighted by molar-refractivity contribution is 7.86. The predicted octanol–water partition coefficient (Wildman–Crippen LogP) is 2.46. The number of benzene rings is 2. The fraction of sp³-hybridized carbons (Fsp3) is 0.133. The number of nitrogen functional groups attached to an aromatic ring is 1. The van der Waals surface area contributed by atoms with Crippen molar-refractivity contribution < 1.29 is 13.4 Å². The van der Waals surface area contributed by atoms with E-state index in [-0.39, 0.29) is 11.4 Å². The van der Waals surface area contributed by atoms with Gasteiger partial charge in [0, 0.05) is 0 Å². The molecule has 0 saturated heterocycles. The Kier molecular flexibility index (Phi) is 4.70. The molecular formula is C15H15FN2O2S. The number of hydrogen-bond donors (Lipinski definition) is 2. The Bertz CT molecular complexity index is 704. The lowest BCUT2D eigenvalue weighted by Crippen LogP contribution is -2.20. The Morgan fingerprint density at radius 2 is 1.95 bits per heavy atom. The number of halogens is 1. The third kappa shape index (κ3) is 3.66. The van der Waals surface area contributed by atoms with Crippen LogP contribution in [0.1, 0.15) is 5.56 Å². The van der Waals surface area contributed by atoms with Gasteiger partial charge in [0.25, 0.3) is 0 Å². The van der Waals surface area contributed by atoms with E-state index in [2.05, 4.69) is 5.32 Å². The summed E-state index contributed by atoms with van der Waals surface area (Å²) in [6.07, 6.45) is 0. The monoisotopic (exact) mass is 306 g/mol. The van der Waals surface area contributed by atoms with E-state index in [4.69, 9.17) is 5.73 Å². The SMILES string of the molecule is Cc1cccc(S(=O)CC(=O)Nc2ccccc2F)c1N. The number of carbonyl (C=O) groups excluding carboxylic acids is 1. The van der Waals surface area contributed by atoms with Crippen LogP contribution in [-0.2, 0) is 15.6 Å². The van der Waals surface area contributed by atoms with Gasteiger partial charge in [-0.25, -0.2) is 4.39 Å². The Morgan fingerprint density at radius 1 is 1.24 bits per heavy atom. The van der Waals surface area contributed by atoms with E-state index in [0.29, 0.717) is 10.6 Å². The predicted molar refractivity (Wildman–Crippen MR) is 81.9 cm³/mol. The van der Waals surface area contributed by atoms with Gasteiger partial charge in [-0.05, 0) is 30.7 Å². The van der Waals surface area contributed by atoms with Crippen molar-refractivity contribution in [2.45, 2.75) is 11.8 Å². The summed E-state index contributed by atoms with van der Waals surface area (Å²) in [5, 5.41) is 2.40. The van der Waals surface area contributed by atoms with Crippen molar-refractivity contribution in [2.24, 2.45) is 0 Å². The van der Waals surface area contributed by atoms with Crippen molar-refractivity contribution >= 4 is 28.1 Å². The van der Waals surface area contributed by atoms with Crippen molar-refractivity contribution in [3.63, 3.8) is 0 Å². The van der Waals surface area contributed by atoms with Crippen LogP contribution in [0.5, 0.6) is 0 Å². The lowest BCUT2D eigenvalue weighted by atomic mass is 10.2. The Labute approximate surface area is 124 Å². The number of aryl methyl sites for hydroxylation is 1. The van der Waals surface area contributed by atoms with Gasteiger partial charge in [0.05, 0.1) is 27.1 Å². The van der Waals surface area contributed by atoms with Crippen molar-refractivity contribution in [1.29, 1.82) is 0 Å². The number of anilines is 2. The lowest BCUT2D eigenvalue weighted by Gasteiger charge is -2.09. The summed E-state index contributed by atoms with van der Waals surface area (Å²) in [4.78, 5) is 12.2. The van der Waals surface area contributed by atoms with E-state index in [1.807, 2.05) is 0 Å². The molecule has 1 amide bonds. The second-order valence-corrected chi connectivity index (χ2v) is 5.92. The highest BCUT2D eigenvalue weighted by atomic mass is 32.2. The van der Waals surface area contributed by atoms with Crippen LogP contribution in [0.25, 0.3) is 0 Å². The summed E-state index contributed by atoms with van der Waals surface area (Å²) in [7, 11) is -1.58. The molecule has 0 fully saturated rings. The molecule has 1 atom stereocenters. The second-order valence-electron chi connectivity index (χ2n) is 4.50. The maximum atomic E-state index is 13.4. The quantitative estimate of drug-likeness (QED) is 0.852. The number of nitrogens with two attached hydrogens (primary N) is 1. The summed E-state index contributed by atoms with van der Waals surface area (Å²) in [5.74, 6) is -1.34. The summed E-state index contributed by atoms with van der Waals surface area (Å²) < 4.78 is 25.6. The molecule has 4 nitrogen and oxygen atoms in total. The van der Waals surface area contributed by atoms with Crippen LogP contribution in [0, 0.1) is 12.7 Å². The summed E-state index contributed by atoms with van der Waals surface area (Å²) in [6.45, 7) is 1.80. The number of carbonyl (C=O) groups is 1. The maximum absolute atomic E-state index is 13.4. The van der Waals surface area contributed by atoms with Crippen molar-refractivity contribution in [3.8, 4) is 0 Å². The molecular weight excluding hydrogens is 291 g/mol. The summed E-state index contributed by atoms with van der Waals surface area (Å²) in [6, 6.07) is 11.0. The van der Waals surface area contributed by atoms with E-state index in [9.17, 15) is 13.4 Å². The molecule has 0 saturated carbocycles. The summed E-state index contributed by atoms with van der Waals surface area (Å²) in [5.41, 5.74) is 7.13. The number of para-hydroxylation sites is 2. The van der Waals surface area contributed by atoms with E-state index >= 15 is 0 Å². The van der Waals surface area contributed by atoms with Crippen LogP contribution < -0.4 is 11.1 Å². The first-order chi connectivity index (χ1) is 9.99. The van der Waals surface area contributed by atoms with Crippen molar-refractivity contribution in [3.05, 3.63) is 53.8 Å². The van der Waals surface area contributed by atoms with Crippen molar-refractivity contribution in [1.82, 2.24) is 0 Å². The smallest absolute Gasteiger partial charge is 0.237 e. The molecule has 2 aromatic rings. The Morgan fingerprint density at radius 3 is 2.67 bits per heavy atom. The largest absolute Gasteiger partial charge is 0.398 e. The molecule has 6 heteroatoms. The average Bonchev–Trinajstić information content (AvgIpc) is 2.44. The molecule has 0 aliphatic rings. The van der Waals surface area contributed by atoms with Crippen LogP contribution in [0.2, 0.25) is 0 Å². The van der Waals surface area contributed by atoms with Crippen LogP contribution in [0.15, 0.2) is 47.4 Å². The van der Waals surface area contributed by atoms with Gasteiger partial charge in [-0.1, -0.05) is 24.3 Å². The third-order valence-electron chi connectivity index (χ3n) is 2.94. The van der Waals surface area contributed by atoms with Gasteiger partial charge in [0.15, 0.2) is 0 Å². The minimum atomic E-state index is -1.58. The first-order valence-corrected chi connectivity index (χ1v) is 7.59. The minimum absolute atomic E-state index is 0.0664. The van der Waals surface area contributed by atoms with Gasteiger partial charge >= 0.3 is 0 Å². The maximum Gasteiger partial charge on any atom is 0.237 e. The molecule has 0 aliphatic carbocycles. The van der Waals surface area contributed by atoms with Crippen LogP contribution >= 0.6 is 0 Å². The highest BCUT2D eigenvalue weighted by Crippen LogP contribution is 2.20. The number of rotatable bonds is 4. The zero-order chi connectivity index (χ0) is 15.4. The van der Waals surface area contributed by atoms with E-state index < -0.39 is 22.5 Å². The standard InChI is InChI=1S/C15H15FN2O2S/c1-10-5-4-8-13(15(10)17)21(20)9-14(19)18-12-7-3-2-6-11(12)16/h2-8H,9,17H2,1H3,(H,18,19).